The van der Waals surface area contributed by atoms with Crippen molar-refractivity contribution in [2.75, 3.05) is 7.11 Å². The first-order valence-corrected chi connectivity index (χ1v) is 10.0. The van der Waals surface area contributed by atoms with Crippen LogP contribution in [0.4, 0.5) is 5.69 Å². The van der Waals surface area contributed by atoms with E-state index in [9.17, 15) is 0 Å². The van der Waals surface area contributed by atoms with E-state index in [-0.39, 0.29) is 0 Å². The van der Waals surface area contributed by atoms with Crippen LogP contribution in [-0.4, -0.2) is 16.2 Å². The highest BCUT2D eigenvalue weighted by atomic mass is 35.5. The van der Waals surface area contributed by atoms with Crippen LogP contribution in [0.2, 0.25) is 10.0 Å². The number of aryl methyl sites for hydroxylation is 2. The number of benzene rings is 3. The summed E-state index contributed by atoms with van der Waals surface area (Å²) in [6, 6.07) is 20.0. The molecule has 1 aromatic heterocycles. The molecule has 0 fully saturated rings. The second-order valence-electron chi connectivity index (χ2n) is 7.00. The Morgan fingerprint density at radius 1 is 0.897 bits per heavy atom. The summed E-state index contributed by atoms with van der Waals surface area (Å²) in [5, 5.41) is 1.05. The first kappa shape index (κ1) is 19.6. The third-order valence-corrected chi connectivity index (χ3v) is 5.70. The molecule has 0 N–H and O–H groups in total. The molecule has 1 heterocycles. The Balaban J connectivity index is 1.94. The largest absolute Gasteiger partial charge is 0.497 e. The quantitative estimate of drug-likeness (QED) is 0.401. The molecule has 0 spiro atoms. The Bertz CT molecular complexity index is 1240. The summed E-state index contributed by atoms with van der Waals surface area (Å²) in [5.41, 5.74) is 6.02. The molecule has 0 aliphatic carbocycles. The lowest BCUT2D eigenvalue weighted by Gasteiger charge is -2.07. The van der Waals surface area contributed by atoms with Crippen LogP contribution >= 0.6 is 23.2 Å². The third kappa shape index (κ3) is 3.91. The minimum Gasteiger partial charge on any atom is -0.497 e. The molecule has 0 radical (unpaired) electrons. The molecule has 0 aliphatic rings. The highest BCUT2D eigenvalue weighted by molar-refractivity contribution is 6.42. The average molecular weight is 426 g/mol. The summed E-state index contributed by atoms with van der Waals surface area (Å²) in [7, 11) is 3.64. The smallest absolute Gasteiger partial charge is 0.211 e. The number of halogens is 2. The standard InChI is InChI=1S/C23H21Cl2N3O/c1-15-4-6-16(7-5-15)14-28-22-13-20(25)19(24)12-21(22)27(2)23(28)26-17-8-10-18(29-3)11-9-17/h4-13H,14H2,1-3H3. The predicted molar refractivity (Wildman–Crippen MR) is 119 cm³/mol. The fraction of sp³-hybridized carbons (Fsp3) is 0.174. The molecule has 0 aliphatic heterocycles. The Kier molecular flexibility index (Phi) is 5.39. The Morgan fingerprint density at radius 2 is 1.52 bits per heavy atom. The third-order valence-electron chi connectivity index (χ3n) is 4.97. The van der Waals surface area contributed by atoms with Crippen molar-refractivity contribution in [3.05, 3.63) is 87.5 Å². The second-order valence-corrected chi connectivity index (χ2v) is 7.81. The van der Waals surface area contributed by atoms with Gasteiger partial charge in [0.1, 0.15) is 5.75 Å². The van der Waals surface area contributed by atoms with Gasteiger partial charge in [0, 0.05) is 7.05 Å². The van der Waals surface area contributed by atoms with Gasteiger partial charge in [0.05, 0.1) is 40.4 Å². The van der Waals surface area contributed by atoms with E-state index in [0.717, 1.165) is 28.1 Å². The minimum atomic E-state index is 0.526. The van der Waals surface area contributed by atoms with Gasteiger partial charge in [0.15, 0.2) is 0 Å². The molecule has 6 heteroatoms. The fourth-order valence-electron chi connectivity index (χ4n) is 3.35. The maximum atomic E-state index is 6.34. The number of hydrogen-bond donors (Lipinski definition) is 0. The summed E-state index contributed by atoms with van der Waals surface area (Å²) in [6.45, 7) is 2.76. The number of rotatable bonds is 4. The summed E-state index contributed by atoms with van der Waals surface area (Å²) in [6.07, 6.45) is 0. The molecule has 29 heavy (non-hydrogen) atoms. The van der Waals surface area contributed by atoms with E-state index in [1.165, 1.54) is 11.1 Å². The number of nitrogens with zero attached hydrogens (tertiary/aromatic N) is 3. The van der Waals surface area contributed by atoms with E-state index >= 15 is 0 Å². The van der Waals surface area contributed by atoms with Crippen molar-refractivity contribution < 1.29 is 4.74 Å². The predicted octanol–water partition coefficient (Wildman–Crippen LogP) is 5.88. The van der Waals surface area contributed by atoms with Crippen LogP contribution in [0, 0.1) is 6.92 Å². The maximum absolute atomic E-state index is 6.34. The van der Waals surface area contributed by atoms with Crippen LogP contribution in [0.3, 0.4) is 0 Å². The fourth-order valence-corrected chi connectivity index (χ4v) is 3.66. The van der Waals surface area contributed by atoms with Crippen molar-refractivity contribution in [3.63, 3.8) is 0 Å². The monoisotopic (exact) mass is 425 g/mol. The van der Waals surface area contributed by atoms with E-state index in [1.54, 1.807) is 7.11 Å². The molecule has 4 nitrogen and oxygen atoms in total. The summed E-state index contributed by atoms with van der Waals surface area (Å²) in [4.78, 5) is 4.91. The molecule has 0 bridgehead atoms. The summed E-state index contributed by atoms with van der Waals surface area (Å²) >= 11 is 12.6. The van der Waals surface area contributed by atoms with Crippen molar-refractivity contribution in [3.8, 4) is 5.75 Å². The van der Waals surface area contributed by atoms with Gasteiger partial charge in [-0.05, 0) is 48.9 Å². The van der Waals surface area contributed by atoms with E-state index < -0.39 is 0 Å². The van der Waals surface area contributed by atoms with Crippen LogP contribution in [0.25, 0.3) is 11.0 Å². The lowest BCUT2D eigenvalue weighted by atomic mass is 10.1. The van der Waals surface area contributed by atoms with Crippen LogP contribution in [0.15, 0.2) is 65.7 Å². The number of hydrogen-bond acceptors (Lipinski definition) is 2. The number of aromatic nitrogens is 2. The van der Waals surface area contributed by atoms with Gasteiger partial charge >= 0.3 is 0 Å². The highest BCUT2D eigenvalue weighted by Gasteiger charge is 2.13. The van der Waals surface area contributed by atoms with Gasteiger partial charge < -0.3 is 13.9 Å². The van der Waals surface area contributed by atoms with Crippen molar-refractivity contribution in [2.45, 2.75) is 13.5 Å². The first-order valence-electron chi connectivity index (χ1n) is 9.25. The molecular weight excluding hydrogens is 405 g/mol. The molecule has 0 atom stereocenters. The van der Waals surface area contributed by atoms with Crippen molar-refractivity contribution in [1.82, 2.24) is 9.13 Å². The van der Waals surface area contributed by atoms with E-state index in [4.69, 9.17) is 32.9 Å². The molecule has 148 valence electrons. The lowest BCUT2D eigenvalue weighted by Crippen LogP contribution is -2.24. The zero-order valence-electron chi connectivity index (χ0n) is 16.5. The van der Waals surface area contributed by atoms with Crippen LogP contribution in [0.1, 0.15) is 11.1 Å². The van der Waals surface area contributed by atoms with Gasteiger partial charge in [-0.1, -0.05) is 53.0 Å². The van der Waals surface area contributed by atoms with Crippen LogP contribution in [-0.2, 0) is 13.6 Å². The summed E-state index contributed by atoms with van der Waals surface area (Å²) < 4.78 is 9.45. The van der Waals surface area contributed by atoms with Gasteiger partial charge in [0.25, 0.3) is 0 Å². The zero-order chi connectivity index (χ0) is 20.5. The number of fused-ring (bicyclic) bond motifs is 1. The van der Waals surface area contributed by atoms with Gasteiger partial charge in [-0.2, -0.15) is 0 Å². The minimum absolute atomic E-state index is 0.526. The van der Waals surface area contributed by atoms with Crippen molar-refractivity contribution in [1.29, 1.82) is 0 Å². The lowest BCUT2D eigenvalue weighted by molar-refractivity contribution is 0.415. The van der Waals surface area contributed by atoms with E-state index in [2.05, 4.69) is 35.8 Å². The molecule has 0 saturated carbocycles. The molecule has 3 aromatic carbocycles. The van der Waals surface area contributed by atoms with Crippen LogP contribution in [0.5, 0.6) is 5.75 Å². The van der Waals surface area contributed by atoms with Crippen LogP contribution < -0.4 is 10.4 Å². The topological polar surface area (TPSA) is 31.4 Å². The molecule has 0 unspecified atom stereocenters. The molecule has 0 saturated heterocycles. The molecule has 4 aromatic rings. The van der Waals surface area contributed by atoms with E-state index in [0.29, 0.717) is 16.6 Å². The zero-order valence-corrected chi connectivity index (χ0v) is 18.0. The number of ether oxygens (including phenoxy) is 1. The first-order chi connectivity index (χ1) is 14.0. The average Bonchev–Trinajstić information content (AvgIpc) is 2.96. The second kappa shape index (κ2) is 7.97. The van der Waals surface area contributed by atoms with Crippen molar-refractivity contribution in [2.24, 2.45) is 12.0 Å². The highest BCUT2D eigenvalue weighted by Crippen LogP contribution is 2.28. The molecule has 0 amide bonds. The Morgan fingerprint density at radius 3 is 2.14 bits per heavy atom. The normalized spacial score (nSPS) is 12.0. The summed E-state index contributed by atoms with van der Waals surface area (Å²) in [5.74, 6) is 0.798. The number of methoxy groups -OCH3 is 1. The van der Waals surface area contributed by atoms with Gasteiger partial charge in [-0.3, -0.25) is 0 Å². The van der Waals surface area contributed by atoms with Crippen molar-refractivity contribution >= 4 is 39.9 Å². The van der Waals surface area contributed by atoms with Gasteiger partial charge in [-0.25, -0.2) is 4.99 Å². The molecule has 4 rings (SSSR count). The molecular formula is C23H21Cl2N3O. The maximum Gasteiger partial charge on any atom is 0.211 e. The Hall–Kier alpha value is -2.69. The van der Waals surface area contributed by atoms with Gasteiger partial charge in [0.2, 0.25) is 5.62 Å². The SMILES string of the molecule is COc1ccc(N=c2n(C)c3cc(Cl)c(Cl)cc3n2Cc2ccc(C)cc2)cc1. The Labute approximate surface area is 179 Å². The number of imidazole rings is 1. The van der Waals surface area contributed by atoms with Gasteiger partial charge in [-0.15, -0.1) is 0 Å². The van der Waals surface area contributed by atoms with E-state index in [1.807, 2.05) is 48.0 Å².